The molecule has 104 valence electrons. The number of aryl methyl sites for hydroxylation is 2. The van der Waals surface area contributed by atoms with E-state index in [0.717, 1.165) is 29.9 Å². The Morgan fingerprint density at radius 1 is 1.32 bits per heavy atom. The number of aromatic hydroxyl groups is 1. The van der Waals surface area contributed by atoms with Crippen molar-refractivity contribution >= 4 is 18.1 Å². The van der Waals surface area contributed by atoms with E-state index in [0.29, 0.717) is 12.3 Å². The fraction of sp³-hybridized carbons (Fsp3) is 0.357. The molecule has 0 unspecified atom stereocenters. The second-order valence-electron chi connectivity index (χ2n) is 4.37. The zero-order chi connectivity index (χ0) is 13.0. The van der Waals surface area contributed by atoms with Gasteiger partial charge in [-0.1, -0.05) is 25.1 Å². The molecule has 0 spiro atoms. The molecule has 0 saturated heterocycles. The Balaban J connectivity index is 0.00000180. The van der Waals surface area contributed by atoms with Crippen molar-refractivity contribution in [2.45, 2.75) is 33.4 Å². The molecule has 2 N–H and O–H groups in total. The maximum Gasteiger partial charge on any atom is 0.120 e. The smallest absolute Gasteiger partial charge is 0.120 e. The Bertz CT molecular complexity index is 525. The highest BCUT2D eigenvalue weighted by atomic mass is 35.5. The van der Waals surface area contributed by atoms with Gasteiger partial charge in [0.1, 0.15) is 5.75 Å². The predicted molar refractivity (Wildman–Crippen MR) is 79.9 cm³/mol. The van der Waals surface area contributed by atoms with Crippen molar-refractivity contribution in [1.82, 2.24) is 9.78 Å². The van der Waals surface area contributed by atoms with Gasteiger partial charge in [-0.05, 0) is 19.4 Å². The Labute approximate surface area is 119 Å². The van der Waals surface area contributed by atoms with Crippen LogP contribution in [0.25, 0.3) is 0 Å². The third-order valence-corrected chi connectivity index (χ3v) is 2.86. The third kappa shape index (κ3) is 3.89. The number of hydrogen-bond donors (Lipinski definition) is 2. The van der Waals surface area contributed by atoms with E-state index in [1.165, 1.54) is 0 Å². The van der Waals surface area contributed by atoms with Crippen LogP contribution in [0.3, 0.4) is 0 Å². The molecule has 0 aliphatic rings. The van der Waals surface area contributed by atoms with E-state index in [1.54, 1.807) is 6.07 Å². The number of para-hydroxylation sites is 1. The minimum atomic E-state index is 0. The van der Waals surface area contributed by atoms with Crippen LogP contribution in [-0.4, -0.2) is 14.9 Å². The summed E-state index contributed by atoms with van der Waals surface area (Å²) in [5.74, 6) is 0.323. The highest BCUT2D eigenvalue weighted by Crippen LogP contribution is 2.19. The van der Waals surface area contributed by atoms with Gasteiger partial charge in [-0.3, -0.25) is 4.68 Å². The molecule has 1 heterocycles. The van der Waals surface area contributed by atoms with Crippen molar-refractivity contribution < 1.29 is 5.11 Å². The number of phenolic OH excluding ortho intramolecular Hbond substituents is 1. The lowest BCUT2D eigenvalue weighted by Gasteiger charge is -2.06. The zero-order valence-electron chi connectivity index (χ0n) is 11.3. The molecule has 0 fully saturated rings. The summed E-state index contributed by atoms with van der Waals surface area (Å²) in [6.45, 7) is 5.65. The molecule has 5 heteroatoms. The largest absolute Gasteiger partial charge is 0.508 e. The fourth-order valence-electron chi connectivity index (χ4n) is 1.89. The first-order chi connectivity index (χ1) is 8.70. The van der Waals surface area contributed by atoms with Gasteiger partial charge in [-0.15, -0.1) is 12.4 Å². The van der Waals surface area contributed by atoms with Crippen LogP contribution in [0.1, 0.15) is 24.6 Å². The molecule has 0 atom stereocenters. The lowest BCUT2D eigenvalue weighted by molar-refractivity contribution is 0.469. The van der Waals surface area contributed by atoms with Crippen molar-refractivity contribution in [3.63, 3.8) is 0 Å². The molecule has 0 saturated carbocycles. The third-order valence-electron chi connectivity index (χ3n) is 2.86. The van der Waals surface area contributed by atoms with Gasteiger partial charge in [0.25, 0.3) is 0 Å². The molecule has 19 heavy (non-hydrogen) atoms. The van der Waals surface area contributed by atoms with Gasteiger partial charge in [0.15, 0.2) is 0 Å². The molecular weight excluding hydrogens is 262 g/mol. The summed E-state index contributed by atoms with van der Waals surface area (Å²) in [6.07, 6.45) is 3.08. The van der Waals surface area contributed by atoms with Gasteiger partial charge in [-0.2, -0.15) is 5.10 Å². The first-order valence-corrected chi connectivity index (χ1v) is 6.25. The maximum absolute atomic E-state index is 9.69. The quantitative estimate of drug-likeness (QED) is 0.884. The van der Waals surface area contributed by atoms with E-state index >= 15 is 0 Å². The van der Waals surface area contributed by atoms with Crippen LogP contribution in [0, 0.1) is 6.92 Å². The first kappa shape index (κ1) is 15.4. The summed E-state index contributed by atoms with van der Waals surface area (Å²) in [7, 11) is 0. The van der Waals surface area contributed by atoms with Gasteiger partial charge in [-0.25, -0.2) is 0 Å². The normalized spacial score (nSPS) is 10.0. The molecule has 0 radical (unpaired) electrons. The lowest BCUT2D eigenvalue weighted by atomic mass is 10.2. The number of hydrogen-bond acceptors (Lipinski definition) is 3. The lowest BCUT2D eigenvalue weighted by Crippen LogP contribution is -1.99. The maximum atomic E-state index is 9.69. The van der Waals surface area contributed by atoms with Crippen LogP contribution in [0.15, 0.2) is 30.5 Å². The Kier molecular flexibility index (Phi) is 5.70. The van der Waals surface area contributed by atoms with Crippen molar-refractivity contribution in [3.05, 3.63) is 41.7 Å². The Hall–Kier alpha value is -1.68. The van der Waals surface area contributed by atoms with Gasteiger partial charge < -0.3 is 10.4 Å². The number of rotatable bonds is 5. The van der Waals surface area contributed by atoms with Crippen molar-refractivity contribution in [3.8, 4) is 5.75 Å². The van der Waals surface area contributed by atoms with E-state index < -0.39 is 0 Å². The molecular formula is C14H20ClN3O. The van der Waals surface area contributed by atoms with E-state index in [9.17, 15) is 5.11 Å². The van der Waals surface area contributed by atoms with Crippen molar-refractivity contribution in [2.75, 3.05) is 5.32 Å². The van der Waals surface area contributed by atoms with Gasteiger partial charge in [0.05, 0.1) is 11.4 Å². The van der Waals surface area contributed by atoms with E-state index in [1.807, 2.05) is 36.0 Å². The highest BCUT2D eigenvalue weighted by Gasteiger charge is 2.05. The minimum Gasteiger partial charge on any atom is -0.508 e. The number of aromatic nitrogens is 2. The molecule has 1 aromatic heterocycles. The average Bonchev–Trinajstić information content (AvgIpc) is 2.69. The van der Waals surface area contributed by atoms with Crippen LogP contribution >= 0.6 is 12.4 Å². The van der Waals surface area contributed by atoms with Crippen LogP contribution in [-0.2, 0) is 13.1 Å². The highest BCUT2D eigenvalue weighted by molar-refractivity contribution is 5.85. The van der Waals surface area contributed by atoms with E-state index in [4.69, 9.17) is 0 Å². The van der Waals surface area contributed by atoms with E-state index in [-0.39, 0.29) is 12.4 Å². The van der Waals surface area contributed by atoms with Gasteiger partial charge >= 0.3 is 0 Å². The van der Waals surface area contributed by atoms with Crippen LogP contribution in [0.5, 0.6) is 5.75 Å². The van der Waals surface area contributed by atoms with E-state index in [2.05, 4.69) is 17.3 Å². The molecule has 2 aromatic rings. The number of phenols is 1. The monoisotopic (exact) mass is 281 g/mol. The van der Waals surface area contributed by atoms with Crippen LogP contribution in [0.2, 0.25) is 0 Å². The second kappa shape index (κ2) is 7.04. The number of nitrogens with one attached hydrogen (secondary N) is 1. The summed E-state index contributed by atoms with van der Waals surface area (Å²) < 4.78 is 1.95. The molecule has 4 nitrogen and oxygen atoms in total. The fourth-order valence-corrected chi connectivity index (χ4v) is 1.89. The summed E-state index contributed by atoms with van der Waals surface area (Å²) in [5, 5.41) is 17.4. The molecule has 0 amide bonds. The van der Waals surface area contributed by atoms with Crippen LogP contribution < -0.4 is 5.32 Å². The number of nitrogens with zero attached hydrogens (tertiary/aromatic N) is 2. The average molecular weight is 282 g/mol. The standard InChI is InChI=1S/C14H19N3O.ClH/c1-3-8-17-10-13(11(2)16-17)15-9-12-6-4-5-7-14(12)18;/h4-7,10,15,18H,3,8-9H2,1-2H3;1H. The molecule has 0 bridgehead atoms. The predicted octanol–water partition coefficient (Wildman–Crippen LogP) is 3.34. The molecule has 0 aliphatic heterocycles. The molecule has 0 aliphatic carbocycles. The minimum absolute atomic E-state index is 0. The molecule has 1 aromatic carbocycles. The summed E-state index contributed by atoms with van der Waals surface area (Å²) in [6, 6.07) is 7.35. The second-order valence-corrected chi connectivity index (χ2v) is 4.37. The molecule has 2 rings (SSSR count). The van der Waals surface area contributed by atoms with Crippen molar-refractivity contribution in [1.29, 1.82) is 0 Å². The van der Waals surface area contributed by atoms with Crippen LogP contribution in [0.4, 0.5) is 5.69 Å². The van der Waals surface area contributed by atoms with Crippen molar-refractivity contribution in [2.24, 2.45) is 0 Å². The Morgan fingerprint density at radius 3 is 2.74 bits per heavy atom. The first-order valence-electron chi connectivity index (χ1n) is 6.25. The number of halogens is 1. The van der Waals surface area contributed by atoms with Gasteiger partial charge in [0.2, 0.25) is 0 Å². The number of benzene rings is 1. The topological polar surface area (TPSA) is 50.1 Å². The summed E-state index contributed by atoms with van der Waals surface area (Å²) in [5.41, 5.74) is 2.89. The number of anilines is 1. The summed E-state index contributed by atoms with van der Waals surface area (Å²) >= 11 is 0. The Morgan fingerprint density at radius 2 is 2.05 bits per heavy atom. The SMILES string of the molecule is CCCn1cc(NCc2ccccc2O)c(C)n1.Cl. The summed E-state index contributed by atoms with van der Waals surface area (Å²) in [4.78, 5) is 0. The van der Waals surface area contributed by atoms with Gasteiger partial charge in [0, 0.05) is 24.8 Å². The zero-order valence-corrected chi connectivity index (χ0v) is 12.1.